The maximum Gasteiger partial charge on any atom is 0.0975 e. The number of benzene rings is 1. The Morgan fingerprint density at radius 1 is 1.44 bits per heavy atom. The van der Waals surface area contributed by atoms with E-state index in [-0.39, 0.29) is 12.1 Å². The topological polar surface area (TPSA) is 35.2 Å². The summed E-state index contributed by atoms with van der Waals surface area (Å²) < 4.78 is 7.12. The largest absolute Gasteiger partial charge is 0.372 e. The van der Waals surface area contributed by atoms with E-state index in [9.17, 15) is 0 Å². The number of ether oxygens (including phenoxy) is 1. The van der Waals surface area contributed by atoms with E-state index < -0.39 is 0 Å². The third kappa shape index (κ3) is 4.08. The van der Waals surface area contributed by atoms with Crippen LogP contribution in [0.1, 0.15) is 44.3 Å². The zero-order chi connectivity index (χ0) is 13.0. The fraction of sp³-hybridized carbons (Fsp3) is 0.600. The van der Waals surface area contributed by atoms with Crippen molar-refractivity contribution in [2.24, 2.45) is 11.7 Å². The fourth-order valence-corrected chi connectivity index (χ4v) is 2.55. The first-order valence-electron chi connectivity index (χ1n) is 6.83. The van der Waals surface area contributed by atoms with Gasteiger partial charge in [-0.1, -0.05) is 47.8 Å². The smallest absolute Gasteiger partial charge is 0.0975 e. The molecule has 0 aliphatic heterocycles. The van der Waals surface area contributed by atoms with E-state index >= 15 is 0 Å². The van der Waals surface area contributed by atoms with Crippen LogP contribution < -0.4 is 5.73 Å². The Morgan fingerprint density at radius 2 is 2.22 bits per heavy atom. The molecule has 1 aromatic rings. The van der Waals surface area contributed by atoms with Gasteiger partial charge in [0.2, 0.25) is 0 Å². The summed E-state index contributed by atoms with van der Waals surface area (Å²) in [5, 5.41) is 0. The van der Waals surface area contributed by atoms with Gasteiger partial charge in [0, 0.05) is 17.1 Å². The minimum absolute atomic E-state index is 0.0197. The molecule has 0 bridgehead atoms. The highest BCUT2D eigenvalue weighted by Gasteiger charge is 2.23. The molecule has 0 spiro atoms. The lowest BCUT2D eigenvalue weighted by Gasteiger charge is -2.24. The number of nitrogens with two attached hydrogens (primary N) is 1. The van der Waals surface area contributed by atoms with Gasteiger partial charge >= 0.3 is 0 Å². The van der Waals surface area contributed by atoms with Gasteiger partial charge in [-0.2, -0.15) is 0 Å². The van der Waals surface area contributed by atoms with Gasteiger partial charge < -0.3 is 10.5 Å². The summed E-state index contributed by atoms with van der Waals surface area (Å²) in [6.07, 6.45) is 4.89. The van der Waals surface area contributed by atoms with Crippen LogP contribution in [-0.4, -0.2) is 12.6 Å². The molecule has 3 heteroatoms. The van der Waals surface area contributed by atoms with Gasteiger partial charge in [-0.15, -0.1) is 0 Å². The van der Waals surface area contributed by atoms with Crippen LogP contribution >= 0.6 is 15.9 Å². The molecule has 100 valence electrons. The Balaban J connectivity index is 1.98. The normalized spacial score (nSPS) is 18.6. The lowest BCUT2D eigenvalue weighted by atomic mass is 10.0. The molecule has 18 heavy (non-hydrogen) atoms. The van der Waals surface area contributed by atoms with Gasteiger partial charge in [0.05, 0.1) is 6.10 Å². The Labute approximate surface area is 118 Å². The van der Waals surface area contributed by atoms with Gasteiger partial charge in [0.1, 0.15) is 0 Å². The third-order valence-electron chi connectivity index (χ3n) is 3.56. The highest BCUT2D eigenvalue weighted by Crippen LogP contribution is 2.33. The second kappa shape index (κ2) is 6.69. The molecular formula is C15H22BrNO. The number of hydrogen-bond donors (Lipinski definition) is 1. The molecule has 0 aromatic heterocycles. The molecule has 1 aliphatic rings. The van der Waals surface area contributed by atoms with Crippen molar-refractivity contribution in [1.82, 2.24) is 0 Å². The van der Waals surface area contributed by atoms with Crippen LogP contribution in [0.3, 0.4) is 0 Å². The summed E-state index contributed by atoms with van der Waals surface area (Å²) in [5.41, 5.74) is 7.37. The van der Waals surface area contributed by atoms with E-state index in [1.807, 2.05) is 12.1 Å². The van der Waals surface area contributed by atoms with E-state index in [4.69, 9.17) is 10.5 Å². The summed E-state index contributed by atoms with van der Waals surface area (Å²) in [6.45, 7) is 2.94. The van der Waals surface area contributed by atoms with Gasteiger partial charge in [-0.3, -0.25) is 0 Å². The first kappa shape index (κ1) is 14.0. The van der Waals surface area contributed by atoms with Crippen molar-refractivity contribution in [3.63, 3.8) is 0 Å². The molecule has 1 fully saturated rings. The van der Waals surface area contributed by atoms with Crippen molar-refractivity contribution in [3.8, 4) is 0 Å². The standard InChI is InChI=1S/C15H22BrNO/c1-2-14(17)15(18-9-8-11-6-7-11)12-4-3-5-13(16)10-12/h3-5,10-11,14-15H,2,6-9,17H2,1H3. The molecule has 0 saturated heterocycles. The number of halogens is 1. The van der Waals surface area contributed by atoms with Crippen LogP contribution in [0.15, 0.2) is 28.7 Å². The molecule has 0 radical (unpaired) electrons. The summed E-state index contributed by atoms with van der Waals surface area (Å²) >= 11 is 3.51. The van der Waals surface area contributed by atoms with E-state index in [1.165, 1.54) is 24.8 Å². The van der Waals surface area contributed by atoms with Crippen molar-refractivity contribution in [3.05, 3.63) is 34.3 Å². The SMILES string of the molecule is CCC(N)C(OCCC1CC1)c1cccc(Br)c1. The molecule has 2 rings (SSSR count). The van der Waals surface area contributed by atoms with Gasteiger partial charge in [-0.25, -0.2) is 0 Å². The summed E-state index contributed by atoms with van der Waals surface area (Å²) in [4.78, 5) is 0. The average molecular weight is 312 g/mol. The van der Waals surface area contributed by atoms with Gasteiger partial charge in [-0.05, 0) is 36.5 Å². The molecule has 0 amide bonds. The van der Waals surface area contributed by atoms with Crippen molar-refractivity contribution < 1.29 is 4.74 Å². The monoisotopic (exact) mass is 311 g/mol. The van der Waals surface area contributed by atoms with Crippen LogP contribution in [0, 0.1) is 5.92 Å². The first-order valence-corrected chi connectivity index (χ1v) is 7.62. The second-order valence-electron chi connectivity index (χ2n) is 5.15. The summed E-state index contributed by atoms with van der Waals surface area (Å²) in [6, 6.07) is 8.35. The minimum atomic E-state index is 0.0197. The van der Waals surface area contributed by atoms with Crippen LogP contribution in [0.4, 0.5) is 0 Å². The Morgan fingerprint density at radius 3 is 2.83 bits per heavy atom. The molecule has 2 N–H and O–H groups in total. The van der Waals surface area contributed by atoms with Gasteiger partial charge in [0.25, 0.3) is 0 Å². The lowest BCUT2D eigenvalue weighted by Crippen LogP contribution is -2.30. The molecule has 2 unspecified atom stereocenters. The molecule has 0 heterocycles. The maximum absolute atomic E-state index is 6.19. The number of rotatable bonds is 7. The molecular weight excluding hydrogens is 290 g/mol. The fourth-order valence-electron chi connectivity index (χ4n) is 2.13. The average Bonchev–Trinajstić information content (AvgIpc) is 3.18. The van der Waals surface area contributed by atoms with Crippen LogP contribution in [0.2, 0.25) is 0 Å². The minimum Gasteiger partial charge on any atom is -0.372 e. The van der Waals surface area contributed by atoms with E-state index in [2.05, 4.69) is 35.0 Å². The predicted octanol–water partition coefficient (Wildman–Crippen LogP) is 4.04. The van der Waals surface area contributed by atoms with Crippen molar-refractivity contribution in [2.75, 3.05) is 6.61 Å². The molecule has 2 nitrogen and oxygen atoms in total. The van der Waals surface area contributed by atoms with Crippen LogP contribution in [0.25, 0.3) is 0 Å². The van der Waals surface area contributed by atoms with Gasteiger partial charge in [0.15, 0.2) is 0 Å². The molecule has 1 aromatic carbocycles. The third-order valence-corrected chi connectivity index (χ3v) is 4.05. The Bertz CT molecular complexity index is 379. The highest BCUT2D eigenvalue weighted by atomic mass is 79.9. The van der Waals surface area contributed by atoms with Crippen molar-refractivity contribution in [1.29, 1.82) is 0 Å². The van der Waals surface area contributed by atoms with Crippen molar-refractivity contribution >= 4 is 15.9 Å². The second-order valence-corrected chi connectivity index (χ2v) is 6.07. The first-order chi connectivity index (χ1) is 8.70. The van der Waals surface area contributed by atoms with E-state index in [0.29, 0.717) is 0 Å². The summed E-state index contributed by atoms with van der Waals surface area (Å²) in [5.74, 6) is 0.908. The zero-order valence-corrected chi connectivity index (χ0v) is 12.5. The Kier molecular flexibility index (Phi) is 5.22. The predicted molar refractivity (Wildman–Crippen MR) is 78.4 cm³/mol. The van der Waals surface area contributed by atoms with Crippen LogP contribution in [-0.2, 0) is 4.74 Å². The quantitative estimate of drug-likeness (QED) is 0.824. The van der Waals surface area contributed by atoms with E-state index in [1.54, 1.807) is 0 Å². The lowest BCUT2D eigenvalue weighted by molar-refractivity contribution is 0.0299. The van der Waals surface area contributed by atoms with Crippen molar-refractivity contribution in [2.45, 2.75) is 44.8 Å². The number of hydrogen-bond acceptors (Lipinski definition) is 2. The highest BCUT2D eigenvalue weighted by molar-refractivity contribution is 9.10. The maximum atomic E-state index is 6.19. The Hall–Kier alpha value is -0.380. The molecule has 1 saturated carbocycles. The van der Waals surface area contributed by atoms with E-state index in [0.717, 1.165) is 23.4 Å². The van der Waals surface area contributed by atoms with Crippen LogP contribution in [0.5, 0.6) is 0 Å². The molecule has 1 aliphatic carbocycles. The molecule has 2 atom stereocenters. The summed E-state index contributed by atoms with van der Waals surface area (Å²) in [7, 11) is 0. The zero-order valence-electron chi connectivity index (χ0n) is 10.9.